The van der Waals surface area contributed by atoms with E-state index in [2.05, 4.69) is 20.9 Å². The summed E-state index contributed by atoms with van der Waals surface area (Å²) in [6.45, 7) is 2.06. The van der Waals surface area contributed by atoms with Gasteiger partial charge < -0.3 is 9.15 Å². The number of carbonyl (C=O) groups is 1. The maximum Gasteiger partial charge on any atom is 0.312 e. The van der Waals surface area contributed by atoms with Crippen LogP contribution < -0.4 is 0 Å². The monoisotopic (exact) mass is 429 g/mol. The largest absolute Gasteiger partial charge is 0.459 e. The minimum absolute atomic E-state index is 0.0379. The van der Waals surface area contributed by atoms with Gasteiger partial charge in [0, 0.05) is 9.89 Å². The molecule has 27 heavy (non-hydrogen) atoms. The SMILES string of the molecule is Cc1oc(-c2ccccc2)nc1COC(=O)C12C[C@H]3C[C@@H](CC(Br)(C3)C1)C2. The molecule has 0 N–H and O–H groups in total. The van der Waals surface area contributed by atoms with E-state index < -0.39 is 0 Å². The van der Waals surface area contributed by atoms with Crippen LogP contribution >= 0.6 is 15.9 Å². The summed E-state index contributed by atoms with van der Waals surface area (Å²) in [6.07, 6.45) is 6.60. The summed E-state index contributed by atoms with van der Waals surface area (Å²) >= 11 is 3.96. The topological polar surface area (TPSA) is 52.3 Å². The van der Waals surface area contributed by atoms with Gasteiger partial charge in [0.05, 0.1) is 5.41 Å². The average molecular weight is 430 g/mol. The van der Waals surface area contributed by atoms with Crippen molar-refractivity contribution in [3.8, 4) is 11.5 Å². The van der Waals surface area contributed by atoms with Crippen molar-refractivity contribution in [1.29, 1.82) is 0 Å². The quantitative estimate of drug-likeness (QED) is 0.480. The molecule has 0 spiro atoms. The number of benzene rings is 1. The number of hydrogen-bond donors (Lipinski definition) is 0. The Labute approximate surface area is 167 Å². The van der Waals surface area contributed by atoms with Crippen LogP contribution in [-0.2, 0) is 16.1 Å². The predicted molar refractivity (Wildman–Crippen MR) is 105 cm³/mol. The number of hydrogen-bond acceptors (Lipinski definition) is 4. The second-order valence-electron chi connectivity index (χ2n) is 8.86. The molecule has 142 valence electrons. The summed E-state index contributed by atoms with van der Waals surface area (Å²) in [6, 6.07) is 9.80. The Morgan fingerprint density at radius 3 is 2.59 bits per heavy atom. The van der Waals surface area contributed by atoms with Crippen LogP contribution in [0.5, 0.6) is 0 Å². The van der Waals surface area contributed by atoms with Gasteiger partial charge in [-0.15, -0.1) is 0 Å². The summed E-state index contributed by atoms with van der Waals surface area (Å²) < 4.78 is 11.7. The smallest absolute Gasteiger partial charge is 0.312 e. The van der Waals surface area contributed by atoms with E-state index in [0.717, 1.165) is 24.8 Å². The molecular formula is C22H24BrNO3. The molecule has 2 atom stereocenters. The zero-order valence-electron chi connectivity index (χ0n) is 15.5. The third kappa shape index (κ3) is 3.04. The van der Waals surface area contributed by atoms with Crippen LogP contribution in [-0.4, -0.2) is 15.3 Å². The molecule has 6 rings (SSSR count). The highest BCUT2D eigenvalue weighted by Gasteiger charge is 2.60. The van der Waals surface area contributed by atoms with Crippen LogP contribution in [0.4, 0.5) is 0 Å². The van der Waals surface area contributed by atoms with E-state index in [0.29, 0.717) is 29.2 Å². The van der Waals surface area contributed by atoms with Crippen LogP contribution in [0.15, 0.2) is 34.7 Å². The summed E-state index contributed by atoms with van der Waals surface area (Å²) in [7, 11) is 0. The number of nitrogens with zero attached hydrogens (tertiary/aromatic N) is 1. The first-order valence-corrected chi connectivity index (χ1v) is 10.6. The van der Waals surface area contributed by atoms with Crippen molar-refractivity contribution in [1.82, 2.24) is 4.98 Å². The van der Waals surface area contributed by atoms with Gasteiger partial charge in [-0.25, -0.2) is 4.98 Å². The fraction of sp³-hybridized carbons (Fsp3) is 0.545. The number of rotatable bonds is 4. The van der Waals surface area contributed by atoms with Crippen molar-refractivity contribution in [3.63, 3.8) is 0 Å². The first kappa shape index (κ1) is 17.5. The van der Waals surface area contributed by atoms with Gasteiger partial charge in [-0.2, -0.15) is 0 Å². The maximum atomic E-state index is 13.1. The van der Waals surface area contributed by atoms with Crippen molar-refractivity contribution in [2.75, 3.05) is 0 Å². The lowest BCUT2D eigenvalue weighted by Crippen LogP contribution is -2.56. The Bertz CT molecular complexity index is 861. The molecule has 2 aromatic rings. The van der Waals surface area contributed by atoms with Gasteiger partial charge in [0.15, 0.2) is 0 Å². The lowest BCUT2D eigenvalue weighted by molar-refractivity contribution is -0.171. The van der Waals surface area contributed by atoms with E-state index in [4.69, 9.17) is 9.15 Å². The van der Waals surface area contributed by atoms with Gasteiger partial charge >= 0.3 is 5.97 Å². The third-order valence-corrected chi connectivity index (χ3v) is 7.60. The van der Waals surface area contributed by atoms with Crippen molar-refractivity contribution in [3.05, 3.63) is 41.8 Å². The molecule has 1 aromatic carbocycles. The number of halogens is 1. The van der Waals surface area contributed by atoms with Crippen LogP contribution in [0, 0.1) is 24.2 Å². The molecule has 4 fully saturated rings. The van der Waals surface area contributed by atoms with Gasteiger partial charge in [0.2, 0.25) is 5.89 Å². The lowest BCUT2D eigenvalue weighted by atomic mass is 9.49. The van der Waals surface area contributed by atoms with Crippen molar-refractivity contribution in [2.45, 2.75) is 56.4 Å². The third-order valence-electron chi connectivity index (χ3n) is 6.68. The highest BCUT2D eigenvalue weighted by molar-refractivity contribution is 9.10. The summed E-state index contributed by atoms with van der Waals surface area (Å²) in [4.78, 5) is 17.7. The van der Waals surface area contributed by atoms with E-state index in [-0.39, 0.29) is 22.3 Å². The number of aromatic nitrogens is 1. The maximum absolute atomic E-state index is 13.1. The fourth-order valence-electron chi connectivity index (χ4n) is 5.94. The fourth-order valence-corrected chi connectivity index (χ4v) is 7.40. The molecule has 0 aliphatic heterocycles. The number of ether oxygens (including phenoxy) is 1. The Balaban J connectivity index is 1.31. The first-order valence-electron chi connectivity index (χ1n) is 9.83. The van der Waals surface area contributed by atoms with Crippen LogP contribution in [0.25, 0.3) is 11.5 Å². The molecule has 4 aliphatic carbocycles. The number of esters is 1. The van der Waals surface area contributed by atoms with Crippen molar-refractivity contribution < 1.29 is 13.9 Å². The Kier molecular flexibility index (Phi) is 4.01. The molecule has 5 heteroatoms. The number of oxazole rings is 1. The van der Waals surface area contributed by atoms with E-state index in [1.807, 2.05) is 37.3 Å². The second kappa shape index (κ2) is 6.20. The number of aryl methyl sites for hydroxylation is 1. The van der Waals surface area contributed by atoms with Gasteiger partial charge in [-0.05, 0) is 69.4 Å². The standard InChI is InChI=1S/C22H24BrNO3/c1-14-18(24-19(27-14)17-5-3-2-4-6-17)12-26-20(25)21-8-15-7-16(9-21)11-22(23,10-15)13-21/h2-6,15-16H,7-13H2,1H3/t15-,16-,21?,22?/m1/s1. The Morgan fingerprint density at radius 2 is 1.93 bits per heavy atom. The molecule has 4 nitrogen and oxygen atoms in total. The minimum Gasteiger partial charge on any atom is -0.459 e. The predicted octanol–water partition coefficient (Wildman–Crippen LogP) is 5.43. The molecule has 1 aromatic heterocycles. The zero-order chi connectivity index (χ0) is 18.6. The molecule has 0 radical (unpaired) electrons. The number of alkyl halides is 1. The molecule has 0 unspecified atom stereocenters. The highest BCUT2D eigenvalue weighted by Crippen LogP contribution is 2.64. The van der Waals surface area contributed by atoms with Gasteiger partial charge in [0.25, 0.3) is 0 Å². The van der Waals surface area contributed by atoms with Gasteiger partial charge in [-0.1, -0.05) is 34.1 Å². The lowest BCUT2D eigenvalue weighted by Gasteiger charge is -2.58. The molecule has 4 bridgehead atoms. The second-order valence-corrected chi connectivity index (χ2v) is 10.5. The Hall–Kier alpha value is -1.62. The van der Waals surface area contributed by atoms with Crippen LogP contribution in [0.1, 0.15) is 50.0 Å². The van der Waals surface area contributed by atoms with E-state index in [1.54, 1.807) is 0 Å². The van der Waals surface area contributed by atoms with Crippen LogP contribution in [0.3, 0.4) is 0 Å². The summed E-state index contributed by atoms with van der Waals surface area (Å²) in [5.74, 6) is 2.58. The van der Waals surface area contributed by atoms with E-state index >= 15 is 0 Å². The molecular weight excluding hydrogens is 406 g/mol. The summed E-state index contributed by atoms with van der Waals surface area (Å²) in [5, 5.41) is 0. The number of carbonyl (C=O) groups excluding carboxylic acids is 1. The van der Waals surface area contributed by atoms with Crippen molar-refractivity contribution in [2.24, 2.45) is 17.3 Å². The molecule has 0 amide bonds. The van der Waals surface area contributed by atoms with Gasteiger partial charge in [0.1, 0.15) is 18.1 Å². The molecule has 4 saturated carbocycles. The Morgan fingerprint density at radius 1 is 1.22 bits per heavy atom. The molecule has 0 saturated heterocycles. The highest BCUT2D eigenvalue weighted by atomic mass is 79.9. The minimum atomic E-state index is -0.298. The van der Waals surface area contributed by atoms with Crippen molar-refractivity contribution >= 4 is 21.9 Å². The molecule has 4 aliphatic rings. The normalized spacial score (nSPS) is 34.0. The van der Waals surface area contributed by atoms with E-state index in [1.165, 1.54) is 19.3 Å². The zero-order valence-corrected chi connectivity index (χ0v) is 17.1. The summed E-state index contributed by atoms with van der Waals surface area (Å²) in [5.41, 5.74) is 1.34. The van der Waals surface area contributed by atoms with E-state index in [9.17, 15) is 4.79 Å². The average Bonchev–Trinajstić information content (AvgIpc) is 2.99. The molecule has 1 heterocycles. The van der Waals surface area contributed by atoms with Gasteiger partial charge in [-0.3, -0.25) is 4.79 Å². The first-order chi connectivity index (χ1) is 12.9. The van der Waals surface area contributed by atoms with Crippen LogP contribution in [0.2, 0.25) is 0 Å².